The van der Waals surface area contributed by atoms with Gasteiger partial charge in [-0.05, 0) is 33.8 Å². The summed E-state index contributed by atoms with van der Waals surface area (Å²) in [6.45, 7) is 7.60. The number of ether oxygens (including phenoxy) is 4. The fourth-order valence-electron chi connectivity index (χ4n) is 2.80. The number of nitrogens with zero attached hydrogens (tertiary/aromatic N) is 1. The number of H-pyrrole nitrogens is 1. The van der Waals surface area contributed by atoms with Gasteiger partial charge in [-0.2, -0.15) is 5.10 Å². The van der Waals surface area contributed by atoms with E-state index in [1.807, 2.05) is 33.8 Å². The van der Waals surface area contributed by atoms with Crippen molar-refractivity contribution in [2.45, 2.75) is 63.7 Å². The minimum atomic E-state index is -0.859. The molecule has 2 aliphatic heterocycles. The Kier molecular flexibility index (Phi) is 3.58. The average molecular weight is 298 g/mol. The molecule has 0 aromatic carbocycles. The van der Waals surface area contributed by atoms with E-state index in [1.165, 1.54) is 0 Å². The quantitative estimate of drug-likeness (QED) is 0.869. The van der Waals surface area contributed by atoms with E-state index < -0.39 is 36.0 Å². The van der Waals surface area contributed by atoms with E-state index in [2.05, 4.69) is 10.2 Å². The minimum absolute atomic E-state index is 0.324. The summed E-state index contributed by atoms with van der Waals surface area (Å²) < 4.78 is 23.0. The molecule has 7 heteroatoms. The number of aromatic nitrogens is 2. The third-order valence-electron chi connectivity index (χ3n) is 3.71. The van der Waals surface area contributed by atoms with E-state index in [4.69, 9.17) is 18.9 Å². The summed E-state index contributed by atoms with van der Waals surface area (Å²) >= 11 is 0. The molecule has 3 rings (SSSR count). The Labute approximate surface area is 123 Å². The van der Waals surface area contributed by atoms with Crippen LogP contribution in [0.5, 0.6) is 0 Å². The molecule has 0 unspecified atom stereocenters. The van der Waals surface area contributed by atoms with E-state index in [1.54, 1.807) is 6.20 Å². The first-order chi connectivity index (χ1) is 9.77. The molecule has 2 fully saturated rings. The fourth-order valence-corrected chi connectivity index (χ4v) is 2.80. The lowest BCUT2D eigenvalue weighted by atomic mass is 10.0. The molecule has 2 aliphatic rings. The third kappa shape index (κ3) is 2.97. The van der Waals surface area contributed by atoms with Crippen LogP contribution in [-0.4, -0.2) is 51.8 Å². The smallest absolute Gasteiger partial charge is 0.164 e. The van der Waals surface area contributed by atoms with E-state index in [-0.39, 0.29) is 0 Å². The summed E-state index contributed by atoms with van der Waals surface area (Å²) in [6, 6.07) is 1.81. The molecule has 0 bridgehead atoms. The number of aromatic amines is 1. The van der Waals surface area contributed by atoms with Gasteiger partial charge in [0, 0.05) is 6.20 Å². The number of hydrogen-bond acceptors (Lipinski definition) is 6. The van der Waals surface area contributed by atoms with Crippen molar-refractivity contribution < 1.29 is 24.1 Å². The Balaban J connectivity index is 1.79. The summed E-state index contributed by atoms with van der Waals surface area (Å²) in [6.07, 6.45) is -0.645. The number of aliphatic hydroxyl groups excluding tert-OH is 1. The molecule has 118 valence electrons. The predicted molar refractivity (Wildman–Crippen MR) is 72.3 cm³/mol. The van der Waals surface area contributed by atoms with Gasteiger partial charge in [0.2, 0.25) is 0 Å². The maximum atomic E-state index is 10.6. The fraction of sp³-hybridized carbons (Fsp3) is 0.786. The third-order valence-corrected chi connectivity index (χ3v) is 3.71. The number of aliphatic hydroxyl groups is 1. The Bertz CT molecular complexity index is 488. The molecule has 2 saturated heterocycles. The lowest BCUT2D eigenvalue weighted by Gasteiger charge is -2.26. The average Bonchev–Trinajstić information content (AvgIpc) is 3.06. The van der Waals surface area contributed by atoms with Gasteiger partial charge in [0.05, 0.1) is 12.3 Å². The lowest BCUT2D eigenvalue weighted by molar-refractivity contribution is -0.178. The zero-order valence-corrected chi connectivity index (χ0v) is 12.7. The van der Waals surface area contributed by atoms with Crippen LogP contribution >= 0.6 is 0 Å². The summed E-state index contributed by atoms with van der Waals surface area (Å²) in [5.41, 5.74) is 0.766. The highest BCUT2D eigenvalue weighted by Crippen LogP contribution is 2.40. The van der Waals surface area contributed by atoms with Crippen LogP contribution in [0.4, 0.5) is 0 Å². The number of rotatable bonds is 3. The molecule has 3 heterocycles. The Morgan fingerprint density at radius 1 is 1.24 bits per heavy atom. The molecule has 0 spiro atoms. The highest BCUT2D eigenvalue weighted by molar-refractivity contribution is 5.09. The van der Waals surface area contributed by atoms with Crippen molar-refractivity contribution in [2.75, 3.05) is 6.61 Å². The predicted octanol–water partition coefficient (Wildman–Crippen LogP) is 1.11. The Hall–Kier alpha value is -0.990. The van der Waals surface area contributed by atoms with Crippen LogP contribution in [0, 0.1) is 0 Å². The topological polar surface area (TPSA) is 85.8 Å². The van der Waals surface area contributed by atoms with E-state index in [9.17, 15) is 5.11 Å². The molecule has 1 aromatic heterocycles. The maximum absolute atomic E-state index is 10.6. The molecule has 2 N–H and O–H groups in total. The van der Waals surface area contributed by atoms with Crippen molar-refractivity contribution >= 4 is 0 Å². The van der Waals surface area contributed by atoms with E-state index >= 15 is 0 Å². The SMILES string of the molecule is CC1(C)OC[C@H]([C@@H](O)[C@H]2OC(C)(C)O[C@H]2c2ccn[nH]2)O1. The first-order valence-corrected chi connectivity index (χ1v) is 7.12. The number of hydrogen-bond donors (Lipinski definition) is 2. The molecule has 0 radical (unpaired) electrons. The Morgan fingerprint density at radius 3 is 2.57 bits per heavy atom. The molecule has 0 amide bonds. The number of nitrogens with one attached hydrogen (secondary N) is 1. The molecular formula is C14H22N2O5. The van der Waals surface area contributed by atoms with Crippen molar-refractivity contribution in [3.63, 3.8) is 0 Å². The van der Waals surface area contributed by atoms with Gasteiger partial charge in [0.15, 0.2) is 11.6 Å². The van der Waals surface area contributed by atoms with Crippen LogP contribution in [0.25, 0.3) is 0 Å². The monoisotopic (exact) mass is 298 g/mol. The highest BCUT2D eigenvalue weighted by atomic mass is 16.8. The summed E-state index contributed by atoms with van der Waals surface area (Å²) in [5, 5.41) is 17.4. The van der Waals surface area contributed by atoms with Gasteiger partial charge in [-0.25, -0.2) is 0 Å². The first kappa shape index (κ1) is 14.9. The van der Waals surface area contributed by atoms with Crippen LogP contribution in [0.2, 0.25) is 0 Å². The first-order valence-electron chi connectivity index (χ1n) is 7.12. The van der Waals surface area contributed by atoms with E-state index in [0.717, 1.165) is 5.69 Å². The molecule has 1 aromatic rings. The molecule has 0 saturated carbocycles. The van der Waals surface area contributed by atoms with Crippen molar-refractivity contribution in [3.05, 3.63) is 18.0 Å². The van der Waals surface area contributed by atoms with Crippen molar-refractivity contribution in [1.29, 1.82) is 0 Å². The second kappa shape index (κ2) is 5.03. The van der Waals surface area contributed by atoms with Crippen molar-refractivity contribution in [3.8, 4) is 0 Å². The minimum Gasteiger partial charge on any atom is -0.387 e. The van der Waals surface area contributed by atoms with Gasteiger partial charge in [0.25, 0.3) is 0 Å². The van der Waals surface area contributed by atoms with Crippen LogP contribution in [-0.2, 0) is 18.9 Å². The molecular weight excluding hydrogens is 276 g/mol. The van der Waals surface area contributed by atoms with Crippen LogP contribution in [0.15, 0.2) is 12.3 Å². The lowest BCUT2D eigenvalue weighted by Crippen LogP contribution is -2.42. The Morgan fingerprint density at radius 2 is 2.00 bits per heavy atom. The van der Waals surface area contributed by atoms with Gasteiger partial charge in [0.1, 0.15) is 24.4 Å². The van der Waals surface area contributed by atoms with Gasteiger partial charge < -0.3 is 24.1 Å². The van der Waals surface area contributed by atoms with Gasteiger partial charge in [-0.1, -0.05) is 0 Å². The van der Waals surface area contributed by atoms with Crippen molar-refractivity contribution in [1.82, 2.24) is 10.2 Å². The second-order valence-electron chi connectivity index (χ2n) is 6.39. The normalized spacial score (nSPS) is 36.0. The maximum Gasteiger partial charge on any atom is 0.164 e. The summed E-state index contributed by atoms with van der Waals surface area (Å²) in [4.78, 5) is 0. The summed E-state index contributed by atoms with van der Waals surface area (Å²) in [7, 11) is 0. The van der Waals surface area contributed by atoms with Crippen LogP contribution in [0.3, 0.4) is 0 Å². The zero-order chi connectivity index (χ0) is 15.3. The van der Waals surface area contributed by atoms with Crippen molar-refractivity contribution in [2.24, 2.45) is 0 Å². The molecule has 4 atom stereocenters. The molecule has 21 heavy (non-hydrogen) atoms. The van der Waals surface area contributed by atoms with Gasteiger partial charge in [-0.3, -0.25) is 5.10 Å². The van der Waals surface area contributed by atoms with Gasteiger partial charge in [-0.15, -0.1) is 0 Å². The van der Waals surface area contributed by atoms with Crippen LogP contribution < -0.4 is 0 Å². The van der Waals surface area contributed by atoms with Crippen LogP contribution in [0.1, 0.15) is 39.5 Å². The summed E-state index contributed by atoms with van der Waals surface area (Å²) in [5.74, 6) is -1.47. The molecule has 0 aliphatic carbocycles. The second-order valence-corrected chi connectivity index (χ2v) is 6.39. The standard InChI is InChI=1S/C14H22N2O5/c1-13(2)18-7-9(19-13)10(17)12-11(8-5-6-15-16-8)20-14(3,4)21-12/h5-6,9-12,17H,7H2,1-4H3,(H,15,16)/t9-,10-,11+,12-/m1/s1. The zero-order valence-electron chi connectivity index (χ0n) is 12.7. The van der Waals surface area contributed by atoms with Gasteiger partial charge >= 0.3 is 0 Å². The highest BCUT2D eigenvalue weighted by Gasteiger charge is 2.50. The van der Waals surface area contributed by atoms with E-state index in [0.29, 0.717) is 6.61 Å². The largest absolute Gasteiger partial charge is 0.387 e. The molecule has 7 nitrogen and oxygen atoms in total.